The molecule has 0 radical (unpaired) electrons. The molecule has 0 aromatic carbocycles. The normalized spacial score (nSPS) is 11.9. The van der Waals surface area contributed by atoms with Gasteiger partial charge < -0.3 is 15.7 Å². The van der Waals surface area contributed by atoms with E-state index in [1.807, 2.05) is 0 Å². The lowest BCUT2D eigenvalue weighted by Gasteiger charge is -2.15. The molecule has 0 aliphatic rings. The van der Waals surface area contributed by atoms with E-state index in [0.717, 1.165) is 19.4 Å². The zero-order chi connectivity index (χ0) is 14.5. The predicted molar refractivity (Wildman–Crippen MR) is 76.2 cm³/mol. The Morgan fingerprint density at radius 2 is 1.84 bits per heavy atom. The molecule has 0 saturated heterocycles. The van der Waals surface area contributed by atoms with E-state index in [-0.39, 0.29) is 12.5 Å². The first-order chi connectivity index (χ1) is 9.10. The van der Waals surface area contributed by atoms with Crippen molar-refractivity contribution in [1.82, 2.24) is 10.6 Å². The SMILES string of the molecule is CCCCC(CC)CNC(=O)NCCCCC(=O)O. The van der Waals surface area contributed by atoms with Crippen LogP contribution in [-0.4, -0.2) is 30.2 Å². The molecule has 1 unspecified atom stereocenters. The average molecular weight is 272 g/mol. The number of carboxylic acids is 1. The minimum Gasteiger partial charge on any atom is -0.481 e. The van der Waals surface area contributed by atoms with Gasteiger partial charge in [-0.05, 0) is 25.2 Å². The first-order valence-corrected chi connectivity index (χ1v) is 7.33. The van der Waals surface area contributed by atoms with Crippen molar-refractivity contribution in [3.05, 3.63) is 0 Å². The number of urea groups is 1. The third-order valence-electron chi connectivity index (χ3n) is 3.20. The Balaban J connectivity index is 3.54. The fourth-order valence-corrected chi connectivity index (χ4v) is 1.85. The lowest BCUT2D eigenvalue weighted by atomic mass is 9.99. The summed E-state index contributed by atoms with van der Waals surface area (Å²) in [6.45, 7) is 5.57. The molecule has 5 heteroatoms. The number of carbonyl (C=O) groups is 2. The number of carbonyl (C=O) groups excluding carboxylic acids is 1. The first kappa shape index (κ1) is 17.7. The molecule has 0 rings (SSSR count). The maximum atomic E-state index is 11.5. The molecule has 5 nitrogen and oxygen atoms in total. The van der Waals surface area contributed by atoms with Gasteiger partial charge in [0.25, 0.3) is 0 Å². The van der Waals surface area contributed by atoms with Crippen LogP contribution in [0.4, 0.5) is 4.79 Å². The highest BCUT2D eigenvalue weighted by Gasteiger charge is 2.07. The molecule has 19 heavy (non-hydrogen) atoms. The summed E-state index contributed by atoms with van der Waals surface area (Å²) < 4.78 is 0. The van der Waals surface area contributed by atoms with Crippen molar-refractivity contribution in [2.45, 2.75) is 58.8 Å². The highest BCUT2D eigenvalue weighted by molar-refractivity contribution is 5.73. The number of hydrogen-bond acceptors (Lipinski definition) is 2. The van der Waals surface area contributed by atoms with Gasteiger partial charge in [0.15, 0.2) is 0 Å². The minimum atomic E-state index is -0.786. The number of rotatable bonds is 11. The molecule has 0 saturated carbocycles. The third-order valence-corrected chi connectivity index (χ3v) is 3.20. The molecule has 0 heterocycles. The quantitative estimate of drug-likeness (QED) is 0.506. The fourth-order valence-electron chi connectivity index (χ4n) is 1.85. The highest BCUT2D eigenvalue weighted by Crippen LogP contribution is 2.10. The zero-order valence-electron chi connectivity index (χ0n) is 12.2. The number of carboxylic acid groups (broad SMARTS) is 1. The van der Waals surface area contributed by atoms with E-state index in [2.05, 4.69) is 24.5 Å². The maximum absolute atomic E-state index is 11.5. The van der Waals surface area contributed by atoms with Gasteiger partial charge >= 0.3 is 12.0 Å². The van der Waals surface area contributed by atoms with Gasteiger partial charge in [0, 0.05) is 19.5 Å². The summed E-state index contributed by atoms with van der Waals surface area (Å²) in [6.07, 6.45) is 6.10. The Kier molecular flexibility index (Phi) is 11.0. The van der Waals surface area contributed by atoms with Gasteiger partial charge in [-0.1, -0.05) is 33.1 Å². The van der Waals surface area contributed by atoms with E-state index < -0.39 is 5.97 Å². The minimum absolute atomic E-state index is 0.148. The van der Waals surface area contributed by atoms with Crippen molar-refractivity contribution >= 4 is 12.0 Å². The fraction of sp³-hybridized carbons (Fsp3) is 0.857. The molecule has 0 aliphatic carbocycles. The Hall–Kier alpha value is -1.26. The number of nitrogens with one attached hydrogen (secondary N) is 2. The first-order valence-electron chi connectivity index (χ1n) is 7.33. The average Bonchev–Trinajstić information content (AvgIpc) is 2.38. The van der Waals surface area contributed by atoms with Gasteiger partial charge in [0.2, 0.25) is 0 Å². The van der Waals surface area contributed by atoms with Crippen LogP contribution in [0.25, 0.3) is 0 Å². The Labute approximate surface area is 116 Å². The molecule has 3 N–H and O–H groups in total. The zero-order valence-corrected chi connectivity index (χ0v) is 12.2. The standard InChI is InChI=1S/C14H28N2O3/c1-3-5-8-12(4-2)11-16-14(19)15-10-7-6-9-13(17)18/h12H,3-11H2,1-2H3,(H,17,18)(H2,15,16,19). The van der Waals surface area contributed by atoms with Crippen molar-refractivity contribution in [3.63, 3.8) is 0 Å². The van der Waals surface area contributed by atoms with E-state index in [0.29, 0.717) is 25.3 Å². The lowest BCUT2D eigenvalue weighted by molar-refractivity contribution is -0.137. The second-order valence-electron chi connectivity index (χ2n) is 4.90. The summed E-state index contributed by atoms with van der Waals surface area (Å²) in [4.78, 5) is 21.8. The summed E-state index contributed by atoms with van der Waals surface area (Å²) in [5.41, 5.74) is 0. The van der Waals surface area contributed by atoms with Crippen molar-refractivity contribution in [3.8, 4) is 0 Å². The van der Waals surface area contributed by atoms with Gasteiger partial charge in [-0.25, -0.2) is 4.79 Å². The van der Waals surface area contributed by atoms with Crippen LogP contribution in [-0.2, 0) is 4.79 Å². The smallest absolute Gasteiger partial charge is 0.314 e. The van der Waals surface area contributed by atoms with Gasteiger partial charge in [0.05, 0.1) is 0 Å². The Bertz CT molecular complexity index is 257. The summed E-state index contributed by atoms with van der Waals surface area (Å²) in [5, 5.41) is 14.1. The maximum Gasteiger partial charge on any atom is 0.314 e. The summed E-state index contributed by atoms with van der Waals surface area (Å²) in [7, 11) is 0. The van der Waals surface area contributed by atoms with E-state index in [9.17, 15) is 9.59 Å². The predicted octanol–water partition coefficient (Wildman–Crippen LogP) is 2.76. The molecule has 0 aromatic heterocycles. The number of amides is 2. The lowest BCUT2D eigenvalue weighted by Crippen LogP contribution is -2.38. The number of hydrogen-bond donors (Lipinski definition) is 3. The van der Waals surface area contributed by atoms with Crippen LogP contribution in [0.5, 0.6) is 0 Å². The molecule has 0 fully saturated rings. The summed E-state index contributed by atoms with van der Waals surface area (Å²) >= 11 is 0. The molecule has 0 spiro atoms. The van der Waals surface area contributed by atoms with E-state index in [1.54, 1.807) is 0 Å². The van der Waals surface area contributed by atoms with Crippen molar-refractivity contribution in [2.24, 2.45) is 5.92 Å². The molecule has 112 valence electrons. The van der Waals surface area contributed by atoms with Crippen molar-refractivity contribution in [2.75, 3.05) is 13.1 Å². The second-order valence-corrected chi connectivity index (χ2v) is 4.90. The van der Waals surface area contributed by atoms with E-state index >= 15 is 0 Å². The van der Waals surface area contributed by atoms with Crippen LogP contribution >= 0.6 is 0 Å². The number of aliphatic carboxylic acids is 1. The molecule has 0 aliphatic heterocycles. The van der Waals surface area contributed by atoms with Crippen LogP contribution in [0.2, 0.25) is 0 Å². The van der Waals surface area contributed by atoms with Crippen LogP contribution in [0.1, 0.15) is 58.8 Å². The summed E-state index contributed by atoms with van der Waals surface area (Å²) in [5.74, 6) is -0.233. The van der Waals surface area contributed by atoms with Crippen LogP contribution < -0.4 is 10.6 Å². The topological polar surface area (TPSA) is 78.4 Å². The summed E-state index contributed by atoms with van der Waals surface area (Å²) in [6, 6.07) is -0.148. The van der Waals surface area contributed by atoms with Crippen molar-refractivity contribution < 1.29 is 14.7 Å². The molecule has 2 amide bonds. The third kappa shape index (κ3) is 11.6. The Morgan fingerprint density at radius 1 is 1.11 bits per heavy atom. The van der Waals surface area contributed by atoms with E-state index in [4.69, 9.17) is 5.11 Å². The largest absolute Gasteiger partial charge is 0.481 e. The van der Waals surface area contributed by atoms with Crippen LogP contribution in [0.15, 0.2) is 0 Å². The molecule has 1 atom stereocenters. The molecular weight excluding hydrogens is 244 g/mol. The van der Waals surface area contributed by atoms with Crippen molar-refractivity contribution in [1.29, 1.82) is 0 Å². The highest BCUT2D eigenvalue weighted by atomic mass is 16.4. The number of unbranched alkanes of at least 4 members (excludes halogenated alkanes) is 2. The van der Waals surface area contributed by atoms with Gasteiger partial charge in [-0.3, -0.25) is 4.79 Å². The van der Waals surface area contributed by atoms with Gasteiger partial charge in [-0.15, -0.1) is 0 Å². The molecular formula is C14H28N2O3. The van der Waals surface area contributed by atoms with Crippen LogP contribution in [0.3, 0.4) is 0 Å². The van der Waals surface area contributed by atoms with Crippen LogP contribution in [0, 0.1) is 5.92 Å². The second kappa shape index (κ2) is 11.8. The van der Waals surface area contributed by atoms with E-state index in [1.165, 1.54) is 12.8 Å². The molecule has 0 bridgehead atoms. The monoisotopic (exact) mass is 272 g/mol. The molecule has 0 aromatic rings. The van der Waals surface area contributed by atoms with Gasteiger partial charge in [0.1, 0.15) is 0 Å². The van der Waals surface area contributed by atoms with Gasteiger partial charge in [-0.2, -0.15) is 0 Å². The Morgan fingerprint density at radius 3 is 2.42 bits per heavy atom.